The van der Waals surface area contributed by atoms with Crippen molar-refractivity contribution < 1.29 is 19.3 Å². The lowest BCUT2D eigenvalue weighted by molar-refractivity contribution is -0.384. The van der Waals surface area contributed by atoms with Crippen LogP contribution >= 0.6 is 22.9 Å². The van der Waals surface area contributed by atoms with Crippen LogP contribution in [0.5, 0.6) is 0 Å². The summed E-state index contributed by atoms with van der Waals surface area (Å²) in [5, 5.41) is 14.6. The van der Waals surface area contributed by atoms with Gasteiger partial charge in [-0.2, -0.15) is 0 Å². The summed E-state index contributed by atoms with van der Waals surface area (Å²) < 4.78 is 0.845. The van der Waals surface area contributed by atoms with Gasteiger partial charge in [0, 0.05) is 30.1 Å². The molecule has 4 rings (SSSR count). The second-order valence-electron chi connectivity index (χ2n) is 6.53. The van der Waals surface area contributed by atoms with Crippen molar-refractivity contribution >= 4 is 61.7 Å². The lowest BCUT2D eigenvalue weighted by Crippen LogP contribution is -2.31. The van der Waals surface area contributed by atoms with Gasteiger partial charge in [0.15, 0.2) is 5.13 Å². The topological polar surface area (TPSA) is 123 Å². The van der Waals surface area contributed by atoms with Gasteiger partial charge in [0.05, 0.1) is 26.3 Å². The number of hydrogen-bond donors (Lipinski definition) is 1. The summed E-state index contributed by atoms with van der Waals surface area (Å²) in [4.78, 5) is 52.6. The number of carbonyl (C=O) groups excluding carboxylic acids is 3. The number of anilines is 1. The third-order valence-corrected chi connectivity index (χ3v) is 5.72. The molecule has 152 valence electrons. The number of nitrogens with zero attached hydrogens (tertiary/aromatic N) is 3. The van der Waals surface area contributed by atoms with Crippen molar-refractivity contribution in [1.82, 2.24) is 9.88 Å². The Labute approximate surface area is 178 Å². The molecule has 1 N–H and O–H groups in total. The van der Waals surface area contributed by atoms with Crippen molar-refractivity contribution in [2.75, 3.05) is 11.9 Å². The molecule has 0 saturated heterocycles. The van der Waals surface area contributed by atoms with E-state index in [-0.39, 0.29) is 42.1 Å². The fraction of sp³-hybridized carbons (Fsp3) is 0.158. The molecule has 0 spiro atoms. The Hall–Kier alpha value is -3.37. The number of halogens is 1. The molecule has 0 radical (unpaired) electrons. The number of fused-ring (bicyclic) bond motifs is 2. The molecule has 0 saturated carbocycles. The van der Waals surface area contributed by atoms with Crippen LogP contribution in [0.15, 0.2) is 36.4 Å². The lowest BCUT2D eigenvalue weighted by atomic mass is 10.1. The predicted octanol–water partition coefficient (Wildman–Crippen LogP) is 3.87. The highest BCUT2D eigenvalue weighted by Crippen LogP contribution is 2.29. The summed E-state index contributed by atoms with van der Waals surface area (Å²) in [5.41, 5.74) is 0.600. The Kier molecular flexibility index (Phi) is 5.18. The first-order chi connectivity index (χ1) is 14.3. The molecule has 0 atom stereocenters. The minimum atomic E-state index is -0.624. The average Bonchev–Trinajstić information content (AvgIpc) is 3.20. The maximum atomic E-state index is 12.4. The number of benzene rings is 2. The van der Waals surface area contributed by atoms with Crippen molar-refractivity contribution in [1.29, 1.82) is 0 Å². The van der Waals surface area contributed by atoms with E-state index in [2.05, 4.69) is 10.3 Å². The zero-order valence-corrected chi connectivity index (χ0v) is 16.8. The highest BCUT2D eigenvalue weighted by atomic mass is 35.5. The summed E-state index contributed by atoms with van der Waals surface area (Å²) >= 11 is 7.24. The monoisotopic (exact) mass is 444 g/mol. The van der Waals surface area contributed by atoms with Crippen molar-refractivity contribution in [2.24, 2.45) is 0 Å². The van der Waals surface area contributed by atoms with Gasteiger partial charge >= 0.3 is 0 Å². The SMILES string of the molecule is O=C(CCCN1C(=O)c2ccc([N+](=O)[O-])cc2C1=O)Nc1nc2ccc(Cl)cc2s1. The van der Waals surface area contributed by atoms with E-state index >= 15 is 0 Å². The maximum absolute atomic E-state index is 12.4. The van der Waals surface area contributed by atoms with Crippen LogP contribution in [0.4, 0.5) is 10.8 Å². The number of imide groups is 1. The third-order valence-electron chi connectivity index (χ3n) is 4.55. The molecule has 1 aliphatic heterocycles. The molecule has 3 aromatic rings. The summed E-state index contributed by atoms with van der Waals surface area (Å²) in [5.74, 6) is -1.41. The van der Waals surface area contributed by atoms with E-state index in [1.54, 1.807) is 18.2 Å². The molecule has 2 aromatic carbocycles. The van der Waals surface area contributed by atoms with E-state index in [1.165, 1.54) is 23.5 Å². The molecule has 1 aromatic heterocycles. The number of amides is 3. The van der Waals surface area contributed by atoms with Crippen LogP contribution in [0.1, 0.15) is 33.6 Å². The summed E-state index contributed by atoms with van der Waals surface area (Å²) in [6.07, 6.45) is 0.320. The molecule has 1 aliphatic rings. The van der Waals surface area contributed by atoms with Gasteiger partial charge in [0.25, 0.3) is 17.5 Å². The Balaban J connectivity index is 1.35. The fourth-order valence-electron chi connectivity index (χ4n) is 3.13. The van der Waals surface area contributed by atoms with Gasteiger partial charge in [-0.25, -0.2) is 4.98 Å². The molecule has 0 fully saturated rings. The van der Waals surface area contributed by atoms with Crippen LogP contribution in [0, 0.1) is 10.1 Å². The quantitative estimate of drug-likeness (QED) is 0.349. The van der Waals surface area contributed by atoms with Gasteiger partial charge in [-0.15, -0.1) is 0 Å². The first kappa shape index (κ1) is 19.9. The minimum Gasteiger partial charge on any atom is -0.302 e. The van der Waals surface area contributed by atoms with Crippen LogP contribution in [0.2, 0.25) is 5.02 Å². The molecule has 0 aliphatic carbocycles. The number of non-ortho nitro benzene ring substituents is 1. The minimum absolute atomic E-state index is 0.00629. The van der Waals surface area contributed by atoms with Gasteiger partial charge in [0.2, 0.25) is 5.91 Å². The van der Waals surface area contributed by atoms with E-state index in [1.807, 2.05) is 0 Å². The Morgan fingerprint density at radius 2 is 1.93 bits per heavy atom. The molecule has 11 heteroatoms. The Bertz CT molecular complexity index is 1220. The number of carbonyl (C=O) groups is 3. The average molecular weight is 445 g/mol. The van der Waals surface area contributed by atoms with Crippen molar-refractivity contribution in [3.05, 3.63) is 62.7 Å². The number of nitro groups is 1. The normalized spacial score (nSPS) is 13.0. The van der Waals surface area contributed by atoms with Crippen LogP contribution in [-0.2, 0) is 4.79 Å². The summed E-state index contributed by atoms with van der Waals surface area (Å²) in [6, 6.07) is 8.80. The van der Waals surface area contributed by atoms with Crippen molar-refractivity contribution in [3.63, 3.8) is 0 Å². The van der Waals surface area contributed by atoms with E-state index < -0.39 is 16.7 Å². The number of nitro benzene ring substituents is 1. The Morgan fingerprint density at radius 3 is 2.70 bits per heavy atom. The Morgan fingerprint density at radius 1 is 1.17 bits per heavy atom. The predicted molar refractivity (Wildman–Crippen MR) is 111 cm³/mol. The zero-order valence-electron chi connectivity index (χ0n) is 15.3. The van der Waals surface area contributed by atoms with Crippen molar-refractivity contribution in [3.8, 4) is 0 Å². The molecule has 2 heterocycles. The third kappa shape index (κ3) is 3.74. The van der Waals surface area contributed by atoms with Gasteiger partial charge < -0.3 is 5.32 Å². The van der Waals surface area contributed by atoms with Gasteiger partial charge in [0.1, 0.15) is 0 Å². The van der Waals surface area contributed by atoms with Gasteiger partial charge in [-0.05, 0) is 30.7 Å². The number of aromatic nitrogens is 1. The molecule has 0 unspecified atom stereocenters. The fourth-order valence-corrected chi connectivity index (χ4v) is 4.28. The second-order valence-corrected chi connectivity index (χ2v) is 8.00. The molecule has 0 bridgehead atoms. The first-order valence-electron chi connectivity index (χ1n) is 8.84. The highest BCUT2D eigenvalue weighted by molar-refractivity contribution is 7.22. The first-order valence-corrected chi connectivity index (χ1v) is 10.0. The van der Waals surface area contributed by atoms with E-state index in [9.17, 15) is 24.5 Å². The molecule has 30 heavy (non-hydrogen) atoms. The van der Waals surface area contributed by atoms with E-state index in [4.69, 9.17) is 11.6 Å². The molecule has 3 amide bonds. The van der Waals surface area contributed by atoms with E-state index in [0.29, 0.717) is 10.2 Å². The van der Waals surface area contributed by atoms with Crippen LogP contribution in [0.25, 0.3) is 10.2 Å². The summed E-state index contributed by atoms with van der Waals surface area (Å²) in [6.45, 7) is 0.0308. The largest absolute Gasteiger partial charge is 0.302 e. The lowest BCUT2D eigenvalue weighted by Gasteiger charge is -2.13. The van der Waals surface area contributed by atoms with Gasteiger partial charge in [-0.1, -0.05) is 22.9 Å². The number of thiazole rings is 1. The zero-order chi connectivity index (χ0) is 21.4. The van der Waals surface area contributed by atoms with Crippen LogP contribution in [0.3, 0.4) is 0 Å². The van der Waals surface area contributed by atoms with Gasteiger partial charge in [-0.3, -0.25) is 29.4 Å². The smallest absolute Gasteiger partial charge is 0.270 e. The van der Waals surface area contributed by atoms with Crippen LogP contribution in [-0.4, -0.2) is 39.1 Å². The number of hydrogen-bond acceptors (Lipinski definition) is 7. The number of nitrogens with one attached hydrogen (secondary N) is 1. The van der Waals surface area contributed by atoms with Crippen LogP contribution < -0.4 is 5.32 Å². The molecular weight excluding hydrogens is 432 g/mol. The second kappa shape index (κ2) is 7.81. The number of rotatable bonds is 6. The van der Waals surface area contributed by atoms with Crippen molar-refractivity contribution in [2.45, 2.75) is 12.8 Å². The molecule has 9 nitrogen and oxygen atoms in total. The highest BCUT2D eigenvalue weighted by Gasteiger charge is 2.36. The maximum Gasteiger partial charge on any atom is 0.270 e. The van der Waals surface area contributed by atoms with E-state index in [0.717, 1.165) is 21.2 Å². The summed E-state index contributed by atoms with van der Waals surface area (Å²) in [7, 11) is 0. The molecular formula is C19H13ClN4O5S. The standard InChI is InChI=1S/C19H13ClN4O5S/c20-10-3-6-14-15(8-10)30-19(21-14)22-16(25)2-1-7-23-17(26)12-5-4-11(24(28)29)9-13(12)18(23)27/h3-6,8-9H,1-2,7H2,(H,21,22,25).